The van der Waals surface area contributed by atoms with Crippen molar-refractivity contribution in [2.45, 2.75) is 19.8 Å². The number of benzene rings is 1. The molecule has 0 saturated carbocycles. The maximum atomic E-state index is 3.65. The Bertz CT molecular complexity index is 481. The highest BCUT2D eigenvalue weighted by molar-refractivity contribution is 9.10. The molecule has 1 heterocycles. The first kappa shape index (κ1) is 14.8. The van der Waals surface area contributed by atoms with Crippen molar-refractivity contribution in [1.29, 1.82) is 0 Å². The van der Waals surface area contributed by atoms with Gasteiger partial charge in [-0.3, -0.25) is 0 Å². The van der Waals surface area contributed by atoms with Gasteiger partial charge in [-0.25, -0.2) is 0 Å². The summed E-state index contributed by atoms with van der Waals surface area (Å²) in [6.45, 7) is 4.28. The summed E-state index contributed by atoms with van der Waals surface area (Å²) in [7, 11) is 0. The van der Waals surface area contributed by atoms with Crippen LogP contribution in [0.2, 0.25) is 0 Å². The Labute approximate surface area is 128 Å². The molecule has 1 atom stereocenters. The summed E-state index contributed by atoms with van der Waals surface area (Å²) in [6.07, 6.45) is 2.27. The van der Waals surface area contributed by atoms with Crippen LogP contribution in [-0.4, -0.2) is 13.1 Å². The maximum absolute atomic E-state index is 3.65. The number of hydrogen-bond acceptors (Lipinski definition) is 2. The van der Waals surface area contributed by atoms with Crippen molar-refractivity contribution < 1.29 is 0 Å². The first-order chi connectivity index (χ1) is 9.29. The van der Waals surface area contributed by atoms with Crippen LogP contribution in [0, 0.1) is 5.92 Å². The summed E-state index contributed by atoms with van der Waals surface area (Å²) < 4.78 is 1.22. The van der Waals surface area contributed by atoms with Crippen LogP contribution in [0.1, 0.15) is 18.1 Å². The molecular weight excluding hydrogens is 318 g/mol. The van der Waals surface area contributed by atoms with Crippen LogP contribution in [0.4, 0.5) is 0 Å². The first-order valence-corrected chi connectivity index (χ1v) is 8.48. The van der Waals surface area contributed by atoms with E-state index in [1.165, 1.54) is 15.6 Å². The molecule has 0 spiro atoms. The Morgan fingerprint density at radius 2 is 2.05 bits per heavy atom. The lowest BCUT2D eigenvalue weighted by atomic mass is 9.93. The molecule has 0 aliphatic heterocycles. The maximum Gasteiger partial charge on any atom is 0.0207 e. The van der Waals surface area contributed by atoms with E-state index in [0.29, 0.717) is 5.92 Å². The van der Waals surface area contributed by atoms with Crippen molar-refractivity contribution >= 4 is 27.3 Å². The highest BCUT2D eigenvalue weighted by Gasteiger charge is 2.12. The van der Waals surface area contributed by atoms with Crippen LogP contribution < -0.4 is 5.32 Å². The van der Waals surface area contributed by atoms with E-state index in [0.717, 1.165) is 25.9 Å². The molecule has 0 fully saturated rings. The van der Waals surface area contributed by atoms with E-state index in [2.05, 4.69) is 69.3 Å². The highest BCUT2D eigenvalue weighted by Crippen LogP contribution is 2.22. The molecule has 1 unspecified atom stereocenters. The molecule has 2 aromatic rings. The number of halogens is 1. The number of thiophene rings is 1. The number of rotatable bonds is 7. The van der Waals surface area contributed by atoms with Crippen LogP contribution in [-0.2, 0) is 12.8 Å². The van der Waals surface area contributed by atoms with Gasteiger partial charge in [0.2, 0.25) is 0 Å². The number of hydrogen-bond donors (Lipinski definition) is 1. The van der Waals surface area contributed by atoms with E-state index < -0.39 is 0 Å². The first-order valence-electron chi connectivity index (χ1n) is 6.74. The quantitative estimate of drug-likeness (QED) is 0.783. The lowest BCUT2D eigenvalue weighted by Crippen LogP contribution is -2.25. The second kappa shape index (κ2) is 7.83. The molecule has 0 aliphatic carbocycles. The normalized spacial score (nSPS) is 12.5. The Morgan fingerprint density at radius 3 is 2.74 bits per heavy atom. The van der Waals surface area contributed by atoms with Crippen molar-refractivity contribution in [3.63, 3.8) is 0 Å². The second-order valence-corrected chi connectivity index (χ2v) is 6.44. The van der Waals surface area contributed by atoms with Crippen LogP contribution >= 0.6 is 27.3 Å². The van der Waals surface area contributed by atoms with Gasteiger partial charge in [-0.2, -0.15) is 11.3 Å². The van der Waals surface area contributed by atoms with Crippen LogP contribution in [0.5, 0.6) is 0 Å². The molecule has 19 heavy (non-hydrogen) atoms. The molecule has 0 saturated heterocycles. The van der Waals surface area contributed by atoms with Crippen molar-refractivity contribution in [2.24, 2.45) is 5.92 Å². The minimum atomic E-state index is 0.647. The fourth-order valence-corrected chi connectivity index (χ4v) is 3.41. The van der Waals surface area contributed by atoms with E-state index in [-0.39, 0.29) is 0 Å². The Balaban J connectivity index is 2.03. The molecule has 3 heteroatoms. The van der Waals surface area contributed by atoms with Crippen LogP contribution in [0.25, 0.3) is 0 Å². The van der Waals surface area contributed by atoms with Gasteiger partial charge in [0.05, 0.1) is 0 Å². The third kappa shape index (κ3) is 4.75. The molecule has 0 radical (unpaired) electrons. The Kier molecular flexibility index (Phi) is 6.08. The average molecular weight is 338 g/mol. The summed E-state index contributed by atoms with van der Waals surface area (Å²) >= 11 is 5.44. The monoisotopic (exact) mass is 337 g/mol. The van der Waals surface area contributed by atoms with E-state index >= 15 is 0 Å². The summed E-state index contributed by atoms with van der Waals surface area (Å²) in [5.41, 5.74) is 2.86. The second-order valence-electron chi connectivity index (χ2n) is 4.80. The molecule has 1 nitrogen and oxygen atoms in total. The zero-order chi connectivity index (χ0) is 13.5. The summed E-state index contributed by atoms with van der Waals surface area (Å²) in [4.78, 5) is 0. The van der Waals surface area contributed by atoms with Gasteiger partial charge in [0.25, 0.3) is 0 Å². The predicted molar refractivity (Wildman–Crippen MR) is 87.9 cm³/mol. The summed E-state index contributed by atoms with van der Waals surface area (Å²) in [6, 6.07) is 10.8. The standard InChI is InChI=1S/C16H20BrNS/c1-2-18-11-14(9-13-7-8-19-12-13)10-15-5-3-4-6-16(15)17/h3-8,12,14,18H,2,9-11H2,1H3. The molecule has 1 aromatic heterocycles. The fraction of sp³-hybridized carbons (Fsp3) is 0.375. The van der Waals surface area contributed by atoms with Crippen LogP contribution in [0.15, 0.2) is 45.6 Å². The highest BCUT2D eigenvalue weighted by atomic mass is 79.9. The van der Waals surface area contributed by atoms with E-state index in [4.69, 9.17) is 0 Å². The lowest BCUT2D eigenvalue weighted by Gasteiger charge is -2.17. The van der Waals surface area contributed by atoms with Gasteiger partial charge in [0, 0.05) is 4.47 Å². The zero-order valence-electron chi connectivity index (χ0n) is 11.2. The van der Waals surface area contributed by atoms with Gasteiger partial charge >= 0.3 is 0 Å². The SMILES string of the molecule is CCNCC(Cc1ccsc1)Cc1ccccc1Br. The molecule has 1 aromatic carbocycles. The molecule has 0 amide bonds. The van der Waals surface area contributed by atoms with Crippen LogP contribution in [0.3, 0.4) is 0 Å². The number of nitrogens with one attached hydrogen (secondary N) is 1. The zero-order valence-corrected chi connectivity index (χ0v) is 13.6. The minimum Gasteiger partial charge on any atom is -0.317 e. The van der Waals surface area contributed by atoms with Crippen molar-refractivity contribution in [3.8, 4) is 0 Å². The average Bonchev–Trinajstić information content (AvgIpc) is 2.91. The van der Waals surface area contributed by atoms with E-state index in [9.17, 15) is 0 Å². The minimum absolute atomic E-state index is 0.647. The largest absolute Gasteiger partial charge is 0.317 e. The topological polar surface area (TPSA) is 12.0 Å². The van der Waals surface area contributed by atoms with Crippen molar-refractivity contribution in [3.05, 3.63) is 56.7 Å². The van der Waals surface area contributed by atoms with Crippen molar-refractivity contribution in [2.75, 3.05) is 13.1 Å². The Hall–Kier alpha value is -0.640. The Morgan fingerprint density at radius 1 is 1.21 bits per heavy atom. The van der Waals surface area contributed by atoms with Gasteiger partial charge in [-0.1, -0.05) is 41.1 Å². The molecule has 1 N–H and O–H groups in total. The summed E-state index contributed by atoms with van der Waals surface area (Å²) in [5.74, 6) is 0.647. The molecule has 0 aliphatic rings. The van der Waals surface area contributed by atoms with Gasteiger partial charge in [0.1, 0.15) is 0 Å². The van der Waals surface area contributed by atoms with Gasteiger partial charge < -0.3 is 5.32 Å². The molecular formula is C16H20BrNS. The molecule has 2 rings (SSSR count). The van der Waals surface area contributed by atoms with E-state index in [1.807, 2.05) is 0 Å². The van der Waals surface area contributed by atoms with Crippen molar-refractivity contribution in [1.82, 2.24) is 5.32 Å². The molecule has 102 valence electrons. The smallest absolute Gasteiger partial charge is 0.0207 e. The molecule has 0 bridgehead atoms. The third-order valence-electron chi connectivity index (χ3n) is 3.25. The van der Waals surface area contributed by atoms with Gasteiger partial charge in [-0.15, -0.1) is 0 Å². The van der Waals surface area contributed by atoms with Gasteiger partial charge in [-0.05, 0) is 65.9 Å². The van der Waals surface area contributed by atoms with E-state index in [1.54, 1.807) is 11.3 Å². The lowest BCUT2D eigenvalue weighted by molar-refractivity contribution is 0.478. The fourth-order valence-electron chi connectivity index (χ4n) is 2.28. The summed E-state index contributed by atoms with van der Waals surface area (Å²) in [5, 5.41) is 7.92. The van der Waals surface area contributed by atoms with Gasteiger partial charge in [0.15, 0.2) is 0 Å². The predicted octanol–water partition coefficient (Wildman–Crippen LogP) is 4.52. The third-order valence-corrected chi connectivity index (χ3v) is 4.76.